The molecule has 0 bridgehead atoms. The second-order valence-electron chi connectivity index (χ2n) is 4.72. The molecular weight excluding hydrogens is 290 g/mol. The van der Waals surface area contributed by atoms with Gasteiger partial charge in [0.05, 0.1) is 12.4 Å². The monoisotopic (exact) mass is 309 g/mol. The highest BCUT2D eigenvalue weighted by Gasteiger charge is 2.27. The summed E-state index contributed by atoms with van der Waals surface area (Å²) < 4.78 is 30.2. The molecule has 1 N–H and O–H groups in total. The van der Waals surface area contributed by atoms with E-state index in [1.54, 1.807) is 12.1 Å². The molecular formula is C15H19NO4S. The Labute approximate surface area is 125 Å². The molecule has 1 aromatic carbocycles. The van der Waals surface area contributed by atoms with Gasteiger partial charge in [-0.3, -0.25) is 0 Å². The van der Waals surface area contributed by atoms with Gasteiger partial charge < -0.3 is 9.84 Å². The van der Waals surface area contributed by atoms with E-state index in [1.165, 1.54) is 4.31 Å². The van der Waals surface area contributed by atoms with E-state index in [0.29, 0.717) is 38.3 Å². The van der Waals surface area contributed by atoms with Gasteiger partial charge >= 0.3 is 0 Å². The van der Waals surface area contributed by atoms with Gasteiger partial charge in [0.1, 0.15) is 12.4 Å². The quantitative estimate of drug-likeness (QED) is 0.818. The van der Waals surface area contributed by atoms with Crippen LogP contribution in [0.1, 0.15) is 18.4 Å². The van der Waals surface area contributed by atoms with Gasteiger partial charge in [-0.05, 0) is 30.7 Å². The smallest absolute Gasteiger partial charge is 0.214 e. The summed E-state index contributed by atoms with van der Waals surface area (Å²) >= 11 is 0. The van der Waals surface area contributed by atoms with E-state index in [4.69, 9.17) is 9.84 Å². The van der Waals surface area contributed by atoms with Gasteiger partial charge in [-0.15, -0.1) is 0 Å². The van der Waals surface area contributed by atoms with Crippen LogP contribution in [0.3, 0.4) is 0 Å². The SMILES string of the molecule is O=S1(=O)CCCN1CCOc1ccc(C#CCCO)cc1. The van der Waals surface area contributed by atoms with Crippen LogP contribution in [0.2, 0.25) is 0 Å². The molecule has 21 heavy (non-hydrogen) atoms. The molecule has 0 radical (unpaired) electrons. The topological polar surface area (TPSA) is 66.8 Å². The van der Waals surface area contributed by atoms with Crippen LogP contribution < -0.4 is 4.74 Å². The Morgan fingerprint density at radius 1 is 1.29 bits per heavy atom. The van der Waals surface area contributed by atoms with E-state index in [1.807, 2.05) is 12.1 Å². The summed E-state index contributed by atoms with van der Waals surface area (Å²) in [5.74, 6) is 6.72. The number of hydrogen-bond acceptors (Lipinski definition) is 4. The molecule has 0 aliphatic carbocycles. The Morgan fingerprint density at radius 3 is 2.67 bits per heavy atom. The Kier molecular flexibility index (Phi) is 5.62. The van der Waals surface area contributed by atoms with Crippen LogP contribution in [-0.4, -0.2) is 49.9 Å². The number of rotatable bonds is 5. The molecule has 114 valence electrons. The predicted octanol–water partition coefficient (Wildman–Crippen LogP) is 0.835. The maximum absolute atomic E-state index is 11.6. The van der Waals surface area contributed by atoms with Crippen molar-refractivity contribution in [2.45, 2.75) is 12.8 Å². The summed E-state index contributed by atoms with van der Waals surface area (Å²) in [5.41, 5.74) is 0.859. The summed E-state index contributed by atoms with van der Waals surface area (Å²) in [6, 6.07) is 7.29. The Balaban J connectivity index is 1.80. The fourth-order valence-corrected chi connectivity index (χ4v) is 3.57. The molecule has 0 unspecified atom stereocenters. The van der Waals surface area contributed by atoms with Crippen molar-refractivity contribution < 1.29 is 18.3 Å². The van der Waals surface area contributed by atoms with Crippen molar-refractivity contribution in [1.29, 1.82) is 0 Å². The Bertz CT molecular complexity index is 613. The fraction of sp³-hybridized carbons (Fsp3) is 0.467. The van der Waals surface area contributed by atoms with Crippen molar-refractivity contribution in [3.05, 3.63) is 29.8 Å². The van der Waals surface area contributed by atoms with Crippen molar-refractivity contribution in [3.63, 3.8) is 0 Å². The summed E-state index contributed by atoms with van der Waals surface area (Å²) in [5, 5.41) is 8.64. The first kappa shape index (κ1) is 15.8. The van der Waals surface area contributed by atoms with Crippen molar-refractivity contribution >= 4 is 10.0 Å². The summed E-state index contributed by atoms with van der Waals surface area (Å²) in [4.78, 5) is 0. The lowest BCUT2D eigenvalue weighted by Crippen LogP contribution is -2.30. The van der Waals surface area contributed by atoms with Crippen molar-refractivity contribution in [3.8, 4) is 17.6 Å². The van der Waals surface area contributed by atoms with Crippen LogP contribution in [-0.2, 0) is 10.0 Å². The van der Waals surface area contributed by atoms with E-state index < -0.39 is 10.0 Å². The highest BCUT2D eigenvalue weighted by molar-refractivity contribution is 7.89. The molecule has 2 rings (SSSR count). The lowest BCUT2D eigenvalue weighted by Gasteiger charge is -2.14. The largest absolute Gasteiger partial charge is 0.492 e. The van der Waals surface area contributed by atoms with Gasteiger partial charge in [-0.1, -0.05) is 11.8 Å². The minimum absolute atomic E-state index is 0.0631. The number of ether oxygens (including phenoxy) is 1. The zero-order valence-corrected chi connectivity index (χ0v) is 12.6. The van der Waals surface area contributed by atoms with Gasteiger partial charge in [0.2, 0.25) is 10.0 Å². The molecule has 1 fully saturated rings. The highest BCUT2D eigenvalue weighted by atomic mass is 32.2. The Hall–Kier alpha value is -1.55. The average Bonchev–Trinajstić information content (AvgIpc) is 2.80. The molecule has 0 spiro atoms. The summed E-state index contributed by atoms with van der Waals surface area (Å²) in [7, 11) is -3.05. The van der Waals surface area contributed by atoms with Crippen molar-refractivity contribution in [2.24, 2.45) is 0 Å². The zero-order chi connectivity index (χ0) is 15.1. The van der Waals surface area contributed by atoms with Gasteiger partial charge in [0.25, 0.3) is 0 Å². The molecule has 0 amide bonds. The minimum Gasteiger partial charge on any atom is -0.492 e. The second kappa shape index (κ2) is 7.46. The minimum atomic E-state index is -3.05. The second-order valence-corrected chi connectivity index (χ2v) is 6.81. The van der Waals surface area contributed by atoms with Crippen LogP contribution in [0.4, 0.5) is 0 Å². The van der Waals surface area contributed by atoms with Gasteiger partial charge in [-0.2, -0.15) is 4.31 Å². The fourth-order valence-electron chi connectivity index (χ4n) is 2.06. The van der Waals surface area contributed by atoms with Crippen molar-refractivity contribution in [1.82, 2.24) is 4.31 Å². The first-order valence-corrected chi connectivity index (χ1v) is 8.53. The molecule has 6 heteroatoms. The number of hydrogen-bond donors (Lipinski definition) is 1. The van der Waals surface area contributed by atoms with E-state index in [-0.39, 0.29) is 12.4 Å². The number of sulfonamides is 1. The van der Waals surface area contributed by atoms with Gasteiger partial charge in [0, 0.05) is 25.1 Å². The third-order valence-corrected chi connectivity index (χ3v) is 5.09. The number of nitrogens with zero attached hydrogens (tertiary/aromatic N) is 1. The molecule has 1 saturated heterocycles. The molecule has 1 aromatic rings. The summed E-state index contributed by atoms with van der Waals surface area (Å²) in [6.45, 7) is 1.38. The first-order valence-electron chi connectivity index (χ1n) is 6.92. The lowest BCUT2D eigenvalue weighted by atomic mass is 10.2. The maximum Gasteiger partial charge on any atom is 0.214 e. The molecule has 0 saturated carbocycles. The first-order chi connectivity index (χ1) is 10.1. The van der Waals surface area contributed by atoms with Crippen LogP contribution >= 0.6 is 0 Å². The molecule has 0 atom stereocenters. The van der Waals surface area contributed by atoms with E-state index in [2.05, 4.69) is 11.8 Å². The third kappa shape index (κ3) is 4.74. The van der Waals surface area contributed by atoms with Crippen LogP contribution in [0, 0.1) is 11.8 Å². The number of benzene rings is 1. The lowest BCUT2D eigenvalue weighted by molar-refractivity contribution is 0.279. The van der Waals surface area contributed by atoms with Crippen molar-refractivity contribution in [2.75, 3.05) is 32.1 Å². The standard InChI is InChI=1S/C15H19NO4S/c17-11-2-1-4-14-5-7-15(8-6-14)20-12-10-16-9-3-13-21(16,18)19/h5-8,17H,2-3,9-13H2. The zero-order valence-electron chi connectivity index (χ0n) is 11.8. The third-order valence-electron chi connectivity index (χ3n) is 3.14. The predicted molar refractivity (Wildman–Crippen MR) is 80.5 cm³/mol. The van der Waals surface area contributed by atoms with E-state index >= 15 is 0 Å². The van der Waals surface area contributed by atoms with Gasteiger partial charge in [0.15, 0.2) is 0 Å². The average molecular weight is 309 g/mol. The van der Waals surface area contributed by atoms with Crippen LogP contribution in [0.15, 0.2) is 24.3 Å². The van der Waals surface area contributed by atoms with Crippen LogP contribution in [0.25, 0.3) is 0 Å². The number of aliphatic hydroxyl groups excluding tert-OH is 1. The molecule has 1 aliphatic heterocycles. The molecule has 5 nitrogen and oxygen atoms in total. The maximum atomic E-state index is 11.6. The molecule has 1 aliphatic rings. The van der Waals surface area contributed by atoms with Gasteiger partial charge in [-0.25, -0.2) is 8.42 Å². The van der Waals surface area contributed by atoms with E-state index in [0.717, 1.165) is 5.56 Å². The van der Waals surface area contributed by atoms with Crippen LogP contribution in [0.5, 0.6) is 5.75 Å². The number of aliphatic hydroxyl groups is 1. The Morgan fingerprint density at radius 2 is 2.05 bits per heavy atom. The normalized spacial score (nSPS) is 17.2. The summed E-state index contributed by atoms with van der Waals surface area (Å²) in [6.07, 6.45) is 1.16. The molecule has 1 heterocycles. The highest BCUT2D eigenvalue weighted by Crippen LogP contribution is 2.14. The van der Waals surface area contributed by atoms with E-state index in [9.17, 15) is 8.42 Å². The molecule has 0 aromatic heterocycles.